The molecule has 0 aromatic heterocycles. The van der Waals surface area contributed by atoms with Gasteiger partial charge < -0.3 is 19.3 Å². The van der Waals surface area contributed by atoms with E-state index in [-0.39, 0.29) is 12.1 Å². The van der Waals surface area contributed by atoms with Gasteiger partial charge in [-0.15, -0.1) is 0 Å². The topological polar surface area (TPSA) is 47.6 Å². The SMILES string of the molecule is O=C(OC1C[N+]2(CCOc3ccccc3)CCC1CC2)C(Nc1ccccc1)c1ccccc1. The fraction of sp³-hybridized carbons (Fsp3) is 0.345. The predicted molar refractivity (Wildman–Crippen MR) is 134 cm³/mol. The summed E-state index contributed by atoms with van der Waals surface area (Å²) in [6.07, 6.45) is 2.16. The van der Waals surface area contributed by atoms with Crippen molar-refractivity contribution in [2.24, 2.45) is 5.92 Å². The van der Waals surface area contributed by atoms with Gasteiger partial charge in [0.15, 0.2) is 12.1 Å². The minimum Gasteiger partial charge on any atom is -0.488 e. The second kappa shape index (κ2) is 10.3. The van der Waals surface area contributed by atoms with Crippen molar-refractivity contribution >= 4 is 11.7 Å². The summed E-state index contributed by atoms with van der Waals surface area (Å²) in [7, 11) is 0. The van der Waals surface area contributed by atoms with E-state index in [1.165, 1.54) is 0 Å². The molecule has 3 aliphatic heterocycles. The lowest BCUT2D eigenvalue weighted by molar-refractivity contribution is -0.946. The Bertz CT molecular complexity index is 1050. The minimum atomic E-state index is -0.533. The van der Waals surface area contributed by atoms with Crippen molar-refractivity contribution in [1.82, 2.24) is 0 Å². The number of quaternary nitrogens is 1. The Kier molecular flexibility index (Phi) is 6.82. The fourth-order valence-corrected chi connectivity index (χ4v) is 5.39. The number of anilines is 1. The van der Waals surface area contributed by atoms with E-state index in [9.17, 15) is 4.79 Å². The molecule has 6 rings (SSSR count). The molecule has 0 amide bonds. The average molecular weight is 458 g/mol. The monoisotopic (exact) mass is 457 g/mol. The molecular formula is C29H33N2O3+. The van der Waals surface area contributed by atoms with Crippen molar-refractivity contribution in [3.63, 3.8) is 0 Å². The molecule has 176 valence electrons. The second-order valence-electron chi connectivity index (χ2n) is 9.52. The van der Waals surface area contributed by atoms with Crippen molar-refractivity contribution in [3.05, 3.63) is 96.6 Å². The summed E-state index contributed by atoms with van der Waals surface area (Å²) < 4.78 is 13.2. The zero-order valence-electron chi connectivity index (χ0n) is 19.5. The number of piperidine rings is 3. The van der Waals surface area contributed by atoms with Gasteiger partial charge in [-0.2, -0.15) is 0 Å². The molecule has 1 N–H and O–H groups in total. The largest absolute Gasteiger partial charge is 0.488 e. The highest BCUT2D eigenvalue weighted by Gasteiger charge is 2.48. The highest BCUT2D eigenvalue weighted by atomic mass is 16.5. The van der Waals surface area contributed by atoms with E-state index < -0.39 is 6.04 Å². The summed E-state index contributed by atoms with van der Waals surface area (Å²) in [4.78, 5) is 13.5. The van der Waals surface area contributed by atoms with Crippen molar-refractivity contribution in [3.8, 4) is 5.75 Å². The van der Waals surface area contributed by atoms with Gasteiger partial charge in [0.05, 0.1) is 13.1 Å². The number of hydrogen-bond acceptors (Lipinski definition) is 4. The molecule has 3 heterocycles. The number of esters is 1. The number of nitrogens with zero attached hydrogens (tertiary/aromatic N) is 1. The molecule has 0 spiro atoms. The number of carbonyl (C=O) groups is 1. The van der Waals surface area contributed by atoms with Crippen LogP contribution in [-0.2, 0) is 9.53 Å². The Labute approximate surface area is 201 Å². The highest BCUT2D eigenvalue weighted by molar-refractivity contribution is 5.81. The first-order valence-corrected chi connectivity index (χ1v) is 12.3. The fourth-order valence-electron chi connectivity index (χ4n) is 5.39. The van der Waals surface area contributed by atoms with Gasteiger partial charge in [-0.1, -0.05) is 66.7 Å². The summed E-state index contributed by atoms with van der Waals surface area (Å²) in [5.74, 6) is 1.16. The molecular weight excluding hydrogens is 424 g/mol. The first kappa shape index (κ1) is 22.5. The number of ether oxygens (including phenoxy) is 2. The molecule has 2 bridgehead atoms. The van der Waals surface area contributed by atoms with Crippen LogP contribution in [0.2, 0.25) is 0 Å². The maximum Gasteiger partial charge on any atom is 0.333 e. The lowest BCUT2D eigenvalue weighted by Crippen LogP contribution is -2.65. The van der Waals surface area contributed by atoms with Crippen LogP contribution in [0, 0.1) is 5.92 Å². The molecule has 3 saturated heterocycles. The lowest BCUT2D eigenvalue weighted by Gasteiger charge is -2.52. The third kappa shape index (κ3) is 5.26. The van der Waals surface area contributed by atoms with Crippen molar-refractivity contribution < 1.29 is 18.8 Å². The van der Waals surface area contributed by atoms with Crippen LogP contribution in [0.4, 0.5) is 5.69 Å². The Balaban J connectivity index is 1.25. The smallest absolute Gasteiger partial charge is 0.333 e. The summed E-state index contributed by atoms with van der Waals surface area (Å²) in [6.45, 7) is 4.78. The Hall–Kier alpha value is -3.31. The van der Waals surface area contributed by atoms with Crippen molar-refractivity contribution in [2.45, 2.75) is 25.0 Å². The number of fused-ring (bicyclic) bond motifs is 3. The number of hydrogen-bond donors (Lipinski definition) is 1. The normalized spacial score (nSPS) is 24.2. The highest BCUT2D eigenvalue weighted by Crippen LogP contribution is 2.36. The van der Waals surface area contributed by atoms with E-state index in [4.69, 9.17) is 9.47 Å². The summed E-state index contributed by atoms with van der Waals surface area (Å²) >= 11 is 0. The van der Waals surface area contributed by atoms with Gasteiger partial charge in [0.25, 0.3) is 0 Å². The van der Waals surface area contributed by atoms with Gasteiger partial charge in [0.2, 0.25) is 0 Å². The molecule has 5 heteroatoms. The van der Waals surface area contributed by atoms with Crippen LogP contribution < -0.4 is 10.1 Å². The Morgan fingerprint density at radius 3 is 2.18 bits per heavy atom. The van der Waals surface area contributed by atoms with Crippen LogP contribution in [-0.4, -0.2) is 49.3 Å². The van der Waals surface area contributed by atoms with E-state index in [0.29, 0.717) is 12.5 Å². The van der Waals surface area contributed by atoms with Gasteiger partial charge in [0.1, 0.15) is 25.4 Å². The zero-order chi connectivity index (χ0) is 23.2. The third-order valence-corrected chi connectivity index (χ3v) is 7.34. The number of rotatable bonds is 9. The molecule has 3 fully saturated rings. The van der Waals surface area contributed by atoms with Crippen LogP contribution in [0.25, 0.3) is 0 Å². The van der Waals surface area contributed by atoms with Crippen LogP contribution in [0.5, 0.6) is 5.75 Å². The molecule has 0 aliphatic carbocycles. The maximum atomic E-state index is 13.5. The Morgan fingerprint density at radius 1 is 0.882 bits per heavy atom. The summed E-state index contributed by atoms with van der Waals surface area (Å²) in [6, 6.07) is 29.2. The Morgan fingerprint density at radius 2 is 1.50 bits per heavy atom. The van der Waals surface area contributed by atoms with E-state index in [0.717, 1.165) is 60.5 Å². The summed E-state index contributed by atoms with van der Waals surface area (Å²) in [5.41, 5.74) is 1.82. The second-order valence-corrected chi connectivity index (χ2v) is 9.52. The molecule has 3 aromatic carbocycles. The van der Waals surface area contributed by atoms with Crippen LogP contribution in [0.3, 0.4) is 0 Å². The zero-order valence-corrected chi connectivity index (χ0v) is 19.5. The van der Waals surface area contributed by atoms with Crippen LogP contribution in [0.1, 0.15) is 24.4 Å². The van der Waals surface area contributed by atoms with E-state index in [1.54, 1.807) is 0 Å². The number of para-hydroxylation sites is 2. The molecule has 2 atom stereocenters. The van der Waals surface area contributed by atoms with E-state index in [1.807, 2.05) is 91.0 Å². The van der Waals surface area contributed by atoms with Crippen LogP contribution in [0.15, 0.2) is 91.0 Å². The third-order valence-electron chi connectivity index (χ3n) is 7.34. The molecule has 2 unspecified atom stereocenters. The molecule has 3 aromatic rings. The number of carbonyl (C=O) groups excluding carboxylic acids is 1. The van der Waals surface area contributed by atoms with Gasteiger partial charge in [-0.3, -0.25) is 0 Å². The lowest BCUT2D eigenvalue weighted by atomic mass is 9.83. The first-order valence-electron chi connectivity index (χ1n) is 12.3. The van der Waals surface area contributed by atoms with Gasteiger partial charge in [-0.05, 0) is 29.8 Å². The number of nitrogens with one attached hydrogen (secondary N) is 1. The van der Waals surface area contributed by atoms with E-state index >= 15 is 0 Å². The minimum absolute atomic E-state index is 0.0458. The first-order chi connectivity index (χ1) is 16.7. The molecule has 5 nitrogen and oxygen atoms in total. The number of benzene rings is 3. The van der Waals surface area contributed by atoms with E-state index in [2.05, 4.69) is 5.32 Å². The molecule has 3 aliphatic rings. The van der Waals surface area contributed by atoms with Gasteiger partial charge in [-0.25, -0.2) is 4.79 Å². The van der Waals surface area contributed by atoms with Crippen LogP contribution >= 0.6 is 0 Å². The van der Waals surface area contributed by atoms with Crippen molar-refractivity contribution in [1.29, 1.82) is 0 Å². The quantitative estimate of drug-likeness (QED) is 0.360. The molecule has 0 saturated carbocycles. The molecule has 34 heavy (non-hydrogen) atoms. The standard InChI is InChI=1S/C29H33N2O3/c32-29(28(24-10-4-1-5-11-24)30-25-12-6-2-7-13-25)34-27-22-31(18-16-23(27)17-19-31)20-21-33-26-14-8-3-9-15-26/h1-15,23,27-28,30H,16-22H2/q+1. The average Bonchev–Trinajstić information content (AvgIpc) is 2.89. The molecule has 0 radical (unpaired) electrons. The van der Waals surface area contributed by atoms with Gasteiger partial charge in [0, 0.05) is 24.4 Å². The maximum absolute atomic E-state index is 13.5. The van der Waals surface area contributed by atoms with Crippen molar-refractivity contribution in [2.75, 3.05) is 38.1 Å². The predicted octanol–water partition coefficient (Wildman–Crippen LogP) is 5.07. The van der Waals surface area contributed by atoms with Gasteiger partial charge >= 0.3 is 5.97 Å². The summed E-state index contributed by atoms with van der Waals surface area (Å²) in [5, 5.41) is 3.39.